The highest BCUT2D eigenvalue weighted by Gasteiger charge is 2.35. The topological polar surface area (TPSA) is 83.8 Å². The molecule has 1 aliphatic heterocycles. The number of hydrogen-bond donors (Lipinski definition) is 0. The van der Waals surface area contributed by atoms with Gasteiger partial charge in [0.25, 0.3) is 5.69 Å². The Morgan fingerprint density at radius 2 is 2.17 bits per heavy atom. The molecule has 1 atom stereocenters. The Hall–Kier alpha value is -2.35. The van der Waals surface area contributed by atoms with Gasteiger partial charge in [0.15, 0.2) is 0 Å². The van der Waals surface area contributed by atoms with E-state index in [1.54, 1.807) is 30.1 Å². The maximum absolute atomic E-state index is 12.4. The van der Waals surface area contributed by atoms with Crippen LogP contribution in [-0.2, 0) is 9.59 Å². The van der Waals surface area contributed by atoms with Gasteiger partial charge in [-0.3, -0.25) is 19.7 Å². The molecule has 2 amide bonds. The van der Waals surface area contributed by atoms with Crippen LogP contribution in [0.1, 0.15) is 12.5 Å². The van der Waals surface area contributed by atoms with Crippen LogP contribution in [0.4, 0.5) is 5.69 Å². The first-order valence-corrected chi connectivity index (χ1v) is 8.66. The lowest BCUT2D eigenvalue weighted by Gasteiger charge is -2.25. The molecule has 8 heteroatoms. The molecule has 0 aromatic heterocycles. The van der Waals surface area contributed by atoms with Gasteiger partial charge in [-0.15, -0.1) is 11.8 Å². The number of para-hydroxylation sites is 1. The van der Waals surface area contributed by atoms with Crippen molar-refractivity contribution in [2.75, 3.05) is 25.2 Å². The number of hydrogen-bond acceptors (Lipinski definition) is 5. The lowest BCUT2D eigenvalue weighted by Crippen LogP contribution is -2.47. The van der Waals surface area contributed by atoms with Crippen molar-refractivity contribution in [3.05, 3.63) is 46.0 Å². The van der Waals surface area contributed by atoms with Gasteiger partial charge in [-0.05, 0) is 19.1 Å². The Bertz CT molecular complexity index is 677. The maximum atomic E-state index is 12.4. The van der Waals surface area contributed by atoms with Crippen LogP contribution in [0, 0.1) is 10.1 Å². The fraction of sp³-hybridized carbons (Fsp3) is 0.375. The Labute approximate surface area is 144 Å². The number of benzene rings is 1. The highest BCUT2D eigenvalue weighted by Crippen LogP contribution is 2.24. The predicted molar refractivity (Wildman–Crippen MR) is 93.4 cm³/mol. The summed E-state index contributed by atoms with van der Waals surface area (Å²) < 4.78 is 0. The van der Waals surface area contributed by atoms with Gasteiger partial charge >= 0.3 is 0 Å². The highest BCUT2D eigenvalue weighted by atomic mass is 32.2. The normalized spacial score (nSPS) is 17.2. The standard InChI is InChI=1S/C16H19N3O4S/c1-3-17(2)16(21)14-10-24-11-18(14)15(20)9-8-12-6-4-5-7-13(12)19(22)23/h4-9,14H,3,10-11H2,1-2H3/b9-8+/t14-/m1/s1. The van der Waals surface area contributed by atoms with Crippen molar-refractivity contribution in [2.45, 2.75) is 13.0 Å². The maximum Gasteiger partial charge on any atom is 0.276 e. The van der Waals surface area contributed by atoms with Gasteiger partial charge in [0.05, 0.1) is 16.4 Å². The Morgan fingerprint density at radius 1 is 1.46 bits per heavy atom. The number of nitrogens with zero attached hydrogens (tertiary/aromatic N) is 3. The molecule has 0 N–H and O–H groups in total. The number of nitro benzene ring substituents is 1. The molecule has 24 heavy (non-hydrogen) atoms. The summed E-state index contributed by atoms with van der Waals surface area (Å²) in [4.78, 5) is 38.3. The summed E-state index contributed by atoms with van der Waals surface area (Å²) in [7, 11) is 1.71. The van der Waals surface area contributed by atoms with Crippen LogP contribution in [0.3, 0.4) is 0 Å². The molecule has 0 saturated carbocycles. The Kier molecular flexibility index (Phi) is 5.97. The number of thioether (sulfide) groups is 1. The van der Waals surface area contributed by atoms with Gasteiger partial charge in [0.1, 0.15) is 6.04 Å². The second kappa shape index (κ2) is 7.96. The molecular formula is C16H19N3O4S. The molecule has 1 heterocycles. The zero-order valence-electron chi connectivity index (χ0n) is 13.5. The molecule has 1 aliphatic rings. The smallest absolute Gasteiger partial charge is 0.276 e. The minimum Gasteiger partial charge on any atom is -0.344 e. The lowest BCUT2D eigenvalue weighted by atomic mass is 10.1. The van der Waals surface area contributed by atoms with Gasteiger partial charge in [-0.1, -0.05) is 12.1 Å². The fourth-order valence-electron chi connectivity index (χ4n) is 2.33. The van der Waals surface area contributed by atoms with Gasteiger partial charge in [0, 0.05) is 31.5 Å². The summed E-state index contributed by atoms with van der Waals surface area (Å²) in [6.07, 6.45) is 2.72. The van der Waals surface area contributed by atoms with Crippen LogP contribution in [0.25, 0.3) is 6.08 Å². The number of amides is 2. The summed E-state index contributed by atoms with van der Waals surface area (Å²) in [5, 5.41) is 11.0. The van der Waals surface area contributed by atoms with Gasteiger partial charge < -0.3 is 9.80 Å². The molecule has 1 fully saturated rings. The average molecular weight is 349 g/mol. The molecule has 0 bridgehead atoms. The van der Waals surface area contributed by atoms with Crippen molar-refractivity contribution in [3.63, 3.8) is 0 Å². The van der Waals surface area contributed by atoms with E-state index in [-0.39, 0.29) is 17.5 Å². The van der Waals surface area contributed by atoms with Gasteiger partial charge in [0.2, 0.25) is 11.8 Å². The van der Waals surface area contributed by atoms with E-state index in [1.165, 1.54) is 34.9 Å². The van der Waals surface area contributed by atoms with Crippen LogP contribution in [0.15, 0.2) is 30.3 Å². The van der Waals surface area contributed by atoms with Crippen LogP contribution in [0.2, 0.25) is 0 Å². The average Bonchev–Trinajstić information content (AvgIpc) is 3.08. The lowest BCUT2D eigenvalue weighted by molar-refractivity contribution is -0.385. The Morgan fingerprint density at radius 3 is 2.83 bits per heavy atom. The van der Waals surface area contributed by atoms with Crippen molar-refractivity contribution in [1.29, 1.82) is 0 Å². The molecule has 1 aromatic carbocycles. The molecule has 2 rings (SSSR count). The summed E-state index contributed by atoms with van der Waals surface area (Å²) in [5.41, 5.74) is 0.298. The van der Waals surface area contributed by atoms with E-state index >= 15 is 0 Å². The van der Waals surface area contributed by atoms with Crippen molar-refractivity contribution < 1.29 is 14.5 Å². The monoisotopic (exact) mass is 349 g/mol. The fourth-order valence-corrected chi connectivity index (χ4v) is 3.48. The third-order valence-electron chi connectivity index (χ3n) is 3.84. The van der Waals surface area contributed by atoms with E-state index < -0.39 is 11.0 Å². The third kappa shape index (κ3) is 3.94. The number of carbonyl (C=O) groups is 2. The SMILES string of the molecule is CCN(C)C(=O)[C@H]1CSCN1C(=O)/C=C/c1ccccc1[N+](=O)[O-]. The zero-order valence-corrected chi connectivity index (χ0v) is 14.4. The van der Waals surface area contributed by atoms with Crippen LogP contribution in [-0.4, -0.2) is 57.8 Å². The first kappa shape index (κ1) is 18.0. The van der Waals surface area contributed by atoms with E-state index in [0.717, 1.165) is 0 Å². The minimum absolute atomic E-state index is 0.0595. The quantitative estimate of drug-likeness (QED) is 0.461. The molecule has 1 aromatic rings. The van der Waals surface area contributed by atoms with Crippen molar-refractivity contribution in [3.8, 4) is 0 Å². The first-order valence-electron chi connectivity index (χ1n) is 7.50. The summed E-state index contributed by atoms with van der Waals surface area (Å²) in [6, 6.07) is 5.73. The number of carbonyl (C=O) groups excluding carboxylic acids is 2. The van der Waals surface area contributed by atoms with Crippen molar-refractivity contribution in [1.82, 2.24) is 9.80 Å². The van der Waals surface area contributed by atoms with Crippen molar-refractivity contribution in [2.24, 2.45) is 0 Å². The van der Waals surface area contributed by atoms with Crippen LogP contribution in [0.5, 0.6) is 0 Å². The largest absolute Gasteiger partial charge is 0.344 e. The molecule has 0 spiro atoms. The summed E-state index contributed by atoms with van der Waals surface area (Å²) in [5.74, 6) is 0.596. The van der Waals surface area contributed by atoms with Crippen molar-refractivity contribution >= 4 is 35.3 Å². The Balaban J connectivity index is 2.14. The van der Waals surface area contributed by atoms with E-state index in [4.69, 9.17) is 0 Å². The number of nitro groups is 1. The van der Waals surface area contributed by atoms with Crippen LogP contribution >= 0.6 is 11.8 Å². The predicted octanol–water partition coefficient (Wildman–Crippen LogP) is 1.99. The molecule has 0 aliphatic carbocycles. The molecule has 1 saturated heterocycles. The third-order valence-corrected chi connectivity index (χ3v) is 4.85. The minimum atomic E-state index is -0.488. The zero-order chi connectivity index (χ0) is 17.7. The van der Waals surface area contributed by atoms with Gasteiger partial charge in [-0.2, -0.15) is 0 Å². The van der Waals surface area contributed by atoms with E-state index in [9.17, 15) is 19.7 Å². The molecule has 0 radical (unpaired) electrons. The second-order valence-corrected chi connectivity index (χ2v) is 6.33. The second-order valence-electron chi connectivity index (χ2n) is 5.33. The van der Waals surface area contributed by atoms with E-state index in [1.807, 2.05) is 6.92 Å². The molecule has 128 valence electrons. The number of likely N-dealkylation sites (N-methyl/N-ethyl adjacent to an activating group) is 1. The van der Waals surface area contributed by atoms with E-state index in [0.29, 0.717) is 23.7 Å². The number of rotatable bonds is 5. The van der Waals surface area contributed by atoms with E-state index in [2.05, 4.69) is 0 Å². The molecule has 7 nitrogen and oxygen atoms in total. The molecule has 0 unspecified atom stereocenters. The summed E-state index contributed by atoms with van der Waals surface area (Å²) >= 11 is 1.52. The first-order chi connectivity index (χ1) is 11.5. The molecular weight excluding hydrogens is 330 g/mol. The van der Waals surface area contributed by atoms with Crippen LogP contribution < -0.4 is 0 Å². The summed E-state index contributed by atoms with van der Waals surface area (Å²) in [6.45, 7) is 2.45. The van der Waals surface area contributed by atoms with Gasteiger partial charge in [-0.25, -0.2) is 0 Å². The highest BCUT2D eigenvalue weighted by molar-refractivity contribution is 7.99.